The van der Waals surface area contributed by atoms with Crippen LogP contribution in [0.4, 0.5) is 0 Å². The van der Waals surface area contributed by atoms with Crippen LogP contribution >= 0.6 is 0 Å². The van der Waals surface area contributed by atoms with Crippen molar-refractivity contribution in [2.24, 2.45) is 11.7 Å². The van der Waals surface area contributed by atoms with Crippen LogP contribution in [0.3, 0.4) is 0 Å². The summed E-state index contributed by atoms with van der Waals surface area (Å²) in [6.45, 7) is 7.26. The molecule has 1 aliphatic heterocycles. The molecular weight excluding hydrogens is 220 g/mol. The highest BCUT2D eigenvalue weighted by atomic mass is 15.2. The smallest absolute Gasteiger partial charge is 0.0304 e. The van der Waals surface area contributed by atoms with Crippen LogP contribution in [0.2, 0.25) is 0 Å². The number of nitrogens with two attached hydrogens (primary N) is 1. The van der Waals surface area contributed by atoms with Gasteiger partial charge in [-0.1, -0.05) is 38.5 Å². The van der Waals surface area contributed by atoms with Crippen molar-refractivity contribution in [3.63, 3.8) is 0 Å². The van der Waals surface area contributed by atoms with Crippen LogP contribution in [-0.4, -0.2) is 29.6 Å². The highest BCUT2D eigenvalue weighted by Gasteiger charge is 2.34. The second-order valence-corrected chi connectivity index (χ2v) is 7.05. The fraction of sp³-hybridized carbons (Fsp3) is 1.00. The zero-order valence-electron chi connectivity index (χ0n) is 12.5. The highest BCUT2D eigenvalue weighted by molar-refractivity contribution is 4.93. The maximum atomic E-state index is 6.57. The topological polar surface area (TPSA) is 29.3 Å². The van der Waals surface area contributed by atoms with Crippen molar-refractivity contribution in [3.05, 3.63) is 0 Å². The predicted octanol–water partition coefficient (Wildman–Crippen LogP) is 3.55. The third-order valence-electron chi connectivity index (χ3n) is 5.39. The highest BCUT2D eigenvalue weighted by Crippen LogP contribution is 2.32. The molecule has 18 heavy (non-hydrogen) atoms. The number of nitrogens with zero attached hydrogens (tertiary/aromatic N) is 1. The van der Waals surface area contributed by atoms with Crippen LogP contribution in [0.25, 0.3) is 0 Å². The summed E-state index contributed by atoms with van der Waals surface area (Å²) < 4.78 is 0. The van der Waals surface area contributed by atoms with Crippen molar-refractivity contribution in [2.45, 2.75) is 83.2 Å². The number of likely N-dealkylation sites (tertiary alicyclic amines) is 1. The molecule has 0 spiro atoms. The first-order valence-corrected chi connectivity index (χ1v) is 8.11. The van der Waals surface area contributed by atoms with E-state index in [0.29, 0.717) is 6.04 Å². The molecule has 1 unspecified atom stereocenters. The van der Waals surface area contributed by atoms with Gasteiger partial charge >= 0.3 is 0 Å². The van der Waals surface area contributed by atoms with E-state index in [0.717, 1.165) is 5.92 Å². The normalized spacial score (nSPS) is 26.2. The summed E-state index contributed by atoms with van der Waals surface area (Å²) in [4.78, 5) is 2.67. The van der Waals surface area contributed by atoms with E-state index in [4.69, 9.17) is 5.73 Å². The molecule has 0 radical (unpaired) electrons. The molecule has 1 saturated heterocycles. The Morgan fingerprint density at radius 1 is 1.00 bits per heavy atom. The average Bonchev–Trinajstić information content (AvgIpc) is 2.68. The predicted molar refractivity (Wildman–Crippen MR) is 78.7 cm³/mol. The van der Waals surface area contributed by atoms with Gasteiger partial charge in [-0.3, -0.25) is 4.90 Å². The molecule has 2 heteroatoms. The molecule has 2 rings (SSSR count). The van der Waals surface area contributed by atoms with E-state index < -0.39 is 0 Å². The van der Waals surface area contributed by atoms with Crippen LogP contribution < -0.4 is 5.73 Å². The molecule has 1 aliphatic carbocycles. The molecule has 106 valence electrons. The van der Waals surface area contributed by atoms with E-state index in [-0.39, 0.29) is 5.54 Å². The van der Waals surface area contributed by atoms with Crippen molar-refractivity contribution < 1.29 is 0 Å². The van der Waals surface area contributed by atoms with E-state index in [1.165, 1.54) is 70.9 Å². The van der Waals surface area contributed by atoms with Gasteiger partial charge in [-0.15, -0.1) is 0 Å². The van der Waals surface area contributed by atoms with Crippen LogP contribution in [0, 0.1) is 5.92 Å². The summed E-state index contributed by atoms with van der Waals surface area (Å²) in [5, 5.41) is 0. The zero-order chi connectivity index (χ0) is 13.0. The van der Waals surface area contributed by atoms with Gasteiger partial charge in [0.25, 0.3) is 0 Å². The van der Waals surface area contributed by atoms with Crippen molar-refractivity contribution in [3.8, 4) is 0 Å². The molecule has 0 aromatic rings. The van der Waals surface area contributed by atoms with Gasteiger partial charge < -0.3 is 5.73 Å². The van der Waals surface area contributed by atoms with Gasteiger partial charge in [-0.05, 0) is 52.1 Å². The standard InChI is InChI=1S/C16H32N2/c1-16(2,18-11-7-3-4-8-12-18)15(17)13-14-9-5-6-10-14/h14-15H,3-13,17H2,1-2H3. The van der Waals surface area contributed by atoms with E-state index in [2.05, 4.69) is 18.7 Å². The third-order valence-corrected chi connectivity index (χ3v) is 5.39. The Balaban J connectivity index is 1.89. The molecule has 1 heterocycles. The Hall–Kier alpha value is -0.0800. The monoisotopic (exact) mass is 252 g/mol. The lowest BCUT2D eigenvalue weighted by atomic mass is 9.85. The van der Waals surface area contributed by atoms with E-state index >= 15 is 0 Å². The number of hydrogen-bond donors (Lipinski definition) is 1. The maximum absolute atomic E-state index is 6.57. The minimum atomic E-state index is 0.187. The number of rotatable bonds is 4. The molecule has 0 amide bonds. The maximum Gasteiger partial charge on any atom is 0.0304 e. The Labute approximate surface area is 113 Å². The van der Waals surface area contributed by atoms with Crippen LogP contribution in [0.15, 0.2) is 0 Å². The second kappa shape index (κ2) is 6.38. The van der Waals surface area contributed by atoms with Gasteiger partial charge in [0.1, 0.15) is 0 Å². The summed E-state index contributed by atoms with van der Waals surface area (Å²) in [6.07, 6.45) is 12.5. The van der Waals surface area contributed by atoms with Gasteiger partial charge in [0.15, 0.2) is 0 Å². The lowest BCUT2D eigenvalue weighted by Gasteiger charge is -2.43. The van der Waals surface area contributed by atoms with E-state index in [1.807, 2.05) is 0 Å². The minimum Gasteiger partial charge on any atom is -0.326 e. The van der Waals surface area contributed by atoms with Gasteiger partial charge in [0.05, 0.1) is 0 Å². The Morgan fingerprint density at radius 3 is 2.11 bits per heavy atom. The SMILES string of the molecule is CC(C)(C(N)CC1CCCC1)N1CCCCCC1. The molecule has 2 aliphatic rings. The van der Waals surface area contributed by atoms with E-state index in [9.17, 15) is 0 Å². The summed E-state index contributed by atoms with van der Waals surface area (Å²) in [5.41, 5.74) is 6.76. The van der Waals surface area contributed by atoms with Crippen LogP contribution in [0.1, 0.15) is 71.6 Å². The fourth-order valence-corrected chi connectivity index (χ4v) is 3.78. The van der Waals surface area contributed by atoms with Crippen molar-refractivity contribution >= 4 is 0 Å². The molecule has 1 saturated carbocycles. The summed E-state index contributed by atoms with van der Waals surface area (Å²) in [5.74, 6) is 0.909. The first kappa shape index (κ1) is 14.3. The Kier molecular flexibility index (Phi) is 5.08. The van der Waals surface area contributed by atoms with Crippen LogP contribution in [-0.2, 0) is 0 Å². The van der Waals surface area contributed by atoms with Crippen molar-refractivity contribution in [1.82, 2.24) is 4.90 Å². The molecule has 0 aromatic carbocycles. The lowest BCUT2D eigenvalue weighted by Crippen LogP contribution is -2.56. The lowest BCUT2D eigenvalue weighted by molar-refractivity contribution is 0.0885. The second-order valence-electron chi connectivity index (χ2n) is 7.05. The fourth-order valence-electron chi connectivity index (χ4n) is 3.78. The first-order chi connectivity index (χ1) is 8.60. The average molecular weight is 252 g/mol. The van der Waals surface area contributed by atoms with Gasteiger partial charge in [0, 0.05) is 11.6 Å². The van der Waals surface area contributed by atoms with Crippen molar-refractivity contribution in [2.75, 3.05) is 13.1 Å². The molecule has 2 N–H and O–H groups in total. The Morgan fingerprint density at radius 2 is 1.56 bits per heavy atom. The van der Waals surface area contributed by atoms with Crippen molar-refractivity contribution in [1.29, 1.82) is 0 Å². The third kappa shape index (κ3) is 3.48. The Bertz CT molecular complexity index is 235. The molecule has 0 bridgehead atoms. The zero-order valence-corrected chi connectivity index (χ0v) is 12.5. The minimum absolute atomic E-state index is 0.187. The first-order valence-electron chi connectivity index (χ1n) is 8.11. The van der Waals surface area contributed by atoms with Gasteiger partial charge in [0.2, 0.25) is 0 Å². The van der Waals surface area contributed by atoms with Crippen LogP contribution in [0.5, 0.6) is 0 Å². The summed E-state index contributed by atoms with van der Waals surface area (Å²) in [7, 11) is 0. The summed E-state index contributed by atoms with van der Waals surface area (Å²) in [6, 6.07) is 0.346. The van der Waals surface area contributed by atoms with Gasteiger partial charge in [-0.25, -0.2) is 0 Å². The quantitative estimate of drug-likeness (QED) is 0.829. The molecule has 2 fully saturated rings. The molecular formula is C16H32N2. The largest absolute Gasteiger partial charge is 0.326 e. The molecule has 0 aromatic heterocycles. The number of hydrogen-bond acceptors (Lipinski definition) is 2. The molecule has 2 nitrogen and oxygen atoms in total. The molecule has 1 atom stereocenters. The van der Waals surface area contributed by atoms with Gasteiger partial charge in [-0.2, -0.15) is 0 Å². The van der Waals surface area contributed by atoms with E-state index in [1.54, 1.807) is 0 Å². The summed E-state index contributed by atoms with van der Waals surface area (Å²) >= 11 is 0.